The van der Waals surface area contributed by atoms with Gasteiger partial charge in [-0.05, 0) is 37.5 Å². The summed E-state index contributed by atoms with van der Waals surface area (Å²) in [4.78, 5) is 6.80. The maximum absolute atomic E-state index is 9.20. The fourth-order valence-electron chi connectivity index (χ4n) is 3.10. The number of nitriles is 1. The van der Waals surface area contributed by atoms with Gasteiger partial charge in [-0.2, -0.15) is 5.26 Å². The lowest BCUT2D eigenvalue weighted by atomic mass is 10.0. The molecule has 1 aliphatic heterocycles. The van der Waals surface area contributed by atoms with Crippen molar-refractivity contribution in [3.05, 3.63) is 53.2 Å². The number of anilines is 1. The molecule has 1 aromatic heterocycles. The van der Waals surface area contributed by atoms with Gasteiger partial charge in [-0.15, -0.1) is 0 Å². The molecule has 2 heterocycles. The number of ether oxygens (including phenoxy) is 1. The molecule has 4 nitrogen and oxygen atoms in total. The average molecular weight is 293 g/mol. The van der Waals surface area contributed by atoms with Crippen LogP contribution in [0.2, 0.25) is 0 Å². The third kappa shape index (κ3) is 2.50. The number of benzene rings is 1. The van der Waals surface area contributed by atoms with Crippen molar-refractivity contribution in [2.24, 2.45) is 0 Å². The second-order valence-electron chi connectivity index (χ2n) is 5.54. The van der Waals surface area contributed by atoms with E-state index in [1.54, 1.807) is 7.11 Å². The van der Waals surface area contributed by atoms with Crippen molar-refractivity contribution in [3.63, 3.8) is 0 Å². The van der Waals surface area contributed by atoms with Crippen molar-refractivity contribution in [1.29, 1.82) is 5.26 Å². The highest BCUT2D eigenvalue weighted by Crippen LogP contribution is 2.39. The van der Waals surface area contributed by atoms with E-state index in [0.717, 1.165) is 36.5 Å². The lowest BCUT2D eigenvalue weighted by molar-refractivity contribution is 0.405. The van der Waals surface area contributed by atoms with E-state index in [1.807, 2.05) is 37.3 Å². The van der Waals surface area contributed by atoms with Gasteiger partial charge in [0.2, 0.25) is 0 Å². The first-order valence-electron chi connectivity index (χ1n) is 7.52. The Hall–Kier alpha value is -2.54. The van der Waals surface area contributed by atoms with Crippen LogP contribution in [0.4, 0.5) is 5.82 Å². The van der Waals surface area contributed by atoms with Crippen LogP contribution in [0.3, 0.4) is 0 Å². The van der Waals surface area contributed by atoms with Gasteiger partial charge in [-0.1, -0.05) is 24.3 Å². The number of hydrogen-bond donors (Lipinski definition) is 0. The van der Waals surface area contributed by atoms with Crippen LogP contribution >= 0.6 is 0 Å². The van der Waals surface area contributed by atoms with Crippen molar-refractivity contribution in [2.45, 2.75) is 25.8 Å². The molecule has 0 N–H and O–H groups in total. The Morgan fingerprint density at radius 3 is 2.86 bits per heavy atom. The Morgan fingerprint density at radius 2 is 2.09 bits per heavy atom. The summed E-state index contributed by atoms with van der Waals surface area (Å²) in [6.07, 6.45) is 2.18. The van der Waals surface area contributed by atoms with Gasteiger partial charge >= 0.3 is 0 Å². The molecule has 3 rings (SSSR count). The standard InChI is InChI=1S/C18H19N3O/c1-13-9-10-18(20-15(13)12-19)21-11-5-7-16(21)14-6-3-4-8-17(14)22-2/h3-4,6,8-10,16H,5,7,11H2,1-2H3. The van der Waals surface area contributed by atoms with E-state index in [1.165, 1.54) is 5.56 Å². The maximum atomic E-state index is 9.20. The molecule has 2 aromatic rings. The van der Waals surface area contributed by atoms with Gasteiger partial charge in [0.05, 0.1) is 13.2 Å². The first-order valence-corrected chi connectivity index (χ1v) is 7.52. The molecule has 1 unspecified atom stereocenters. The highest BCUT2D eigenvalue weighted by molar-refractivity contribution is 5.50. The van der Waals surface area contributed by atoms with Crippen molar-refractivity contribution in [3.8, 4) is 11.8 Å². The topological polar surface area (TPSA) is 49.1 Å². The summed E-state index contributed by atoms with van der Waals surface area (Å²) in [5, 5.41) is 9.20. The largest absolute Gasteiger partial charge is 0.496 e. The van der Waals surface area contributed by atoms with Crippen molar-refractivity contribution < 1.29 is 4.74 Å². The lowest BCUT2D eigenvalue weighted by Crippen LogP contribution is -2.24. The Morgan fingerprint density at radius 1 is 1.27 bits per heavy atom. The molecule has 1 saturated heterocycles. The molecule has 1 aliphatic rings. The number of pyridine rings is 1. The van der Waals surface area contributed by atoms with Crippen molar-refractivity contribution >= 4 is 5.82 Å². The van der Waals surface area contributed by atoms with E-state index in [-0.39, 0.29) is 6.04 Å². The first kappa shape index (κ1) is 14.4. The molecule has 1 fully saturated rings. The third-order valence-corrected chi connectivity index (χ3v) is 4.23. The average Bonchev–Trinajstić information content (AvgIpc) is 3.04. The maximum Gasteiger partial charge on any atom is 0.145 e. The Labute approximate surface area is 131 Å². The molecule has 112 valence electrons. The molecule has 0 radical (unpaired) electrons. The summed E-state index contributed by atoms with van der Waals surface area (Å²) < 4.78 is 5.51. The van der Waals surface area contributed by atoms with Crippen LogP contribution in [0.25, 0.3) is 0 Å². The number of nitrogens with zero attached hydrogens (tertiary/aromatic N) is 3. The molecule has 4 heteroatoms. The number of aromatic nitrogens is 1. The molecule has 0 spiro atoms. The summed E-state index contributed by atoms with van der Waals surface area (Å²) in [6, 6.07) is 14.5. The van der Waals surface area contributed by atoms with E-state index in [2.05, 4.69) is 22.0 Å². The second kappa shape index (κ2) is 6.07. The third-order valence-electron chi connectivity index (χ3n) is 4.23. The van der Waals surface area contributed by atoms with E-state index in [9.17, 15) is 5.26 Å². The van der Waals surface area contributed by atoms with Crippen LogP contribution in [-0.4, -0.2) is 18.6 Å². The monoisotopic (exact) mass is 293 g/mol. The minimum atomic E-state index is 0.248. The van der Waals surface area contributed by atoms with Gasteiger partial charge in [-0.25, -0.2) is 4.98 Å². The number of rotatable bonds is 3. The van der Waals surface area contributed by atoms with Gasteiger partial charge < -0.3 is 9.64 Å². The molecular formula is C18H19N3O. The summed E-state index contributed by atoms with van der Waals surface area (Å²) in [7, 11) is 1.70. The molecule has 1 atom stereocenters. The number of methoxy groups -OCH3 is 1. The fourth-order valence-corrected chi connectivity index (χ4v) is 3.10. The van der Waals surface area contributed by atoms with E-state index in [0.29, 0.717) is 5.69 Å². The fraction of sp³-hybridized carbons (Fsp3) is 0.333. The van der Waals surface area contributed by atoms with Crippen molar-refractivity contribution in [1.82, 2.24) is 4.98 Å². The lowest BCUT2D eigenvalue weighted by Gasteiger charge is -2.27. The van der Waals surface area contributed by atoms with Gasteiger partial charge in [0.1, 0.15) is 23.3 Å². The Bertz CT molecular complexity index is 721. The van der Waals surface area contributed by atoms with Gasteiger partial charge in [0.25, 0.3) is 0 Å². The number of hydrogen-bond acceptors (Lipinski definition) is 4. The smallest absolute Gasteiger partial charge is 0.145 e. The normalized spacial score (nSPS) is 17.3. The quantitative estimate of drug-likeness (QED) is 0.867. The predicted molar refractivity (Wildman–Crippen MR) is 86.0 cm³/mol. The number of para-hydroxylation sites is 1. The van der Waals surface area contributed by atoms with Gasteiger partial charge in [0.15, 0.2) is 0 Å². The van der Waals surface area contributed by atoms with Crippen LogP contribution in [-0.2, 0) is 0 Å². The zero-order valence-electron chi connectivity index (χ0n) is 12.9. The van der Waals surface area contributed by atoms with Gasteiger partial charge in [0, 0.05) is 12.1 Å². The van der Waals surface area contributed by atoms with Gasteiger partial charge in [-0.3, -0.25) is 0 Å². The summed E-state index contributed by atoms with van der Waals surface area (Å²) >= 11 is 0. The molecule has 1 aromatic carbocycles. The predicted octanol–water partition coefficient (Wildman–Crippen LogP) is 3.61. The number of aryl methyl sites for hydroxylation is 1. The molecule has 22 heavy (non-hydrogen) atoms. The summed E-state index contributed by atoms with van der Waals surface area (Å²) in [5.41, 5.74) is 2.60. The van der Waals surface area contributed by atoms with E-state index < -0.39 is 0 Å². The first-order chi connectivity index (χ1) is 10.7. The van der Waals surface area contributed by atoms with E-state index >= 15 is 0 Å². The second-order valence-corrected chi connectivity index (χ2v) is 5.54. The summed E-state index contributed by atoms with van der Waals surface area (Å²) in [5.74, 6) is 1.78. The zero-order valence-corrected chi connectivity index (χ0v) is 12.9. The highest BCUT2D eigenvalue weighted by Gasteiger charge is 2.29. The molecular weight excluding hydrogens is 274 g/mol. The van der Waals surface area contributed by atoms with Crippen LogP contribution in [0.5, 0.6) is 5.75 Å². The minimum absolute atomic E-state index is 0.248. The van der Waals surface area contributed by atoms with E-state index in [4.69, 9.17) is 4.74 Å². The SMILES string of the molecule is COc1ccccc1C1CCCN1c1ccc(C)c(C#N)n1. The molecule has 0 saturated carbocycles. The highest BCUT2D eigenvalue weighted by atomic mass is 16.5. The summed E-state index contributed by atoms with van der Waals surface area (Å²) in [6.45, 7) is 2.86. The molecule has 0 aliphatic carbocycles. The Balaban J connectivity index is 1.99. The minimum Gasteiger partial charge on any atom is -0.496 e. The Kier molecular flexibility index (Phi) is 3.97. The van der Waals surface area contributed by atoms with Crippen molar-refractivity contribution in [2.75, 3.05) is 18.6 Å². The molecule has 0 bridgehead atoms. The van der Waals surface area contributed by atoms with Crippen LogP contribution < -0.4 is 9.64 Å². The molecule has 0 amide bonds. The van der Waals surface area contributed by atoms with Crippen LogP contribution in [0, 0.1) is 18.3 Å². The van der Waals surface area contributed by atoms with Crippen LogP contribution in [0.1, 0.15) is 35.7 Å². The zero-order chi connectivity index (χ0) is 15.5. The van der Waals surface area contributed by atoms with Crippen LogP contribution in [0.15, 0.2) is 36.4 Å².